The number of nitrogens with two attached hydrogens (primary N) is 1. The molecule has 0 heterocycles. The van der Waals surface area contributed by atoms with E-state index >= 15 is 0 Å². The molecule has 0 unspecified atom stereocenters. The van der Waals surface area contributed by atoms with Crippen LogP contribution in [0.3, 0.4) is 0 Å². The molecule has 0 aliphatic rings. The molecule has 0 aromatic rings. The highest BCUT2D eigenvalue weighted by Crippen LogP contribution is 2.13. The Kier molecular flexibility index (Phi) is 3.36. The van der Waals surface area contributed by atoms with Crippen LogP contribution in [0.15, 0.2) is 4.99 Å². The van der Waals surface area contributed by atoms with Gasteiger partial charge in [-0.25, -0.2) is 5.84 Å². The molecule has 0 aromatic heterocycles. The first-order chi connectivity index (χ1) is 4.52. The molecule has 3 nitrogen and oxygen atoms in total. The zero-order valence-electron chi connectivity index (χ0n) is 7.23. The fourth-order valence-corrected chi connectivity index (χ4v) is 0.657. The Hall–Kier alpha value is -0.570. The van der Waals surface area contributed by atoms with E-state index in [0.717, 1.165) is 12.4 Å². The second-order valence-corrected chi connectivity index (χ2v) is 3.22. The van der Waals surface area contributed by atoms with Gasteiger partial charge in [-0.05, 0) is 6.92 Å². The summed E-state index contributed by atoms with van der Waals surface area (Å²) in [7, 11) is 0. The van der Waals surface area contributed by atoms with Crippen molar-refractivity contribution in [2.45, 2.75) is 27.7 Å². The lowest BCUT2D eigenvalue weighted by Gasteiger charge is -2.20. The van der Waals surface area contributed by atoms with E-state index in [9.17, 15) is 0 Å². The fourth-order valence-electron chi connectivity index (χ4n) is 0.657. The Morgan fingerprint density at radius 2 is 2.00 bits per heavy atom. The quantitative estimate of drug-likeness (QED) is 0.248. The van der Waals surface area contributed by atoms with Gasteiger partial charge in [0.25, 0.3) is 0 Å². The van der Waals surface area contributed by atoms with Gasteiger partial charge in [0.05, 0.1) is 0 Å². The smallest absolute Gasteiger partial charge is 0.116 e. The molecule has 3 heteroatoms. The Morgan fingerprint density at radius 3 is 2.10 bits per heavy atom. The first-order valence-electron chi connectivity index (χ1n) is 3.54. The van der Waals surface area contributed by atoms with Crippen LogP contribution in [0.2, 0.25) is 0 Å². The normalized spacial score (nSPS) is 13.5. The van der Waals surface area contributed by atoms with Gasteiger partial charge < -0.3 is 5.43 Å². The third kappa shape index (κ3) is 2.82. The Balaban J connectivity index is 4.21. The van der Waals surface area contributed by atoms with Crippen LogP contribution in [0, 0.1) is 5.41 Å². The second kappa shape index (κ2) is 3.56. The number of hydrogen-bond donors (Lipinski definition) is 2. The summed E-state index contributed by atoms with van der Waals surface area (Å²) in [6.07, 6.45) is 0. The molecule has 10 heavy (non-hydrogen) atoms. The SMILES string of the molecule is CCN=C(NN)C(C)(C)C. The van der Waals surface area contributed by atoms with E-state index in [4.69, 9.17) is 5.84 Å². The standard InChI is InChI=1S/C7H17N3/c1-5-9-6(10-8)7(2,3)4/h5,8H2,1-4H3,(H,9,10). The number of nitrogens with zero attached hydrogens (tertiary/aromatic N) is 1. The van der Waals surface area contributed by atoms with Gasteiger partial charge in [-0.1, -0.05) is 20.8 Å². The van der Waals surface area contributed by atoms with Gasteiger partial charge in [0, 0.05) is 12.0 Å². The topological polar surface area (TPSA) is 50.4 Å². The minimum absolute atomic E-state index is 0.0325. The van der Waals surface area contributed by atoms with Crippen molar-refractivity contribution >= 4 is 5.84 Å². The van der Waals surface area contributed by atoms with E-state index in [2.05, 4.69) is 31.2 Å². The van der Waals surface area contributed by atoms with Crippen molar-refractivity contribution in [3.8, 4) is 0 Å². The molecule has 0 atom stereocenters. The highest BCUT2D eigenvalue weighted by Gasteiger charge is 2.16. The average Bonchev–Trinajstić information content (AvgIpc) is 1.80. The summed E-state index contributed by atoms with van der Waals surface area (Å²) < 4.78 is 0. The maximum atomic E-state index is 5.26. The van der Waals surface area contributed by atoms with Crippen molar-refractivity contribution in [3.05, 3.63) is 0 Å². The molecule has 0 rings (SSSR count). The molecule has 0 bridgehead atoms. The first-order valence-corrected chi connectivity index (χ1v) is 3.54. The lowest BCUT2D eigenvalue weighted by atomic mass is 9.95. The van der Waals surface area contributed by atoms with Gasteiger partial charge >= 0.3 is 0 Å². The van der Waals surface area contributed by atoms with Crippen molar-refractivity contribution < 1.29 is 0 Å². The van der Waals surface area contributed by atoms with Gasteiger partial charge in [-0.3, -0.25) is 4.99 Å². The molecule has 0 radical (unpaired) electrons. The Morgan fingerprint density at radius 1 is 1.50 bits per heavy atom. The molecule has 0 aliphatic heterocycles. The summed E-state index contributed by atoms with van der Waals surface area (Å²) in [5.41, 5.74) is 2.63. The molecule has 0 saturated heterocycles. The van der Waals surface area contributed by atoms with Crippen LogP contribution in [0.5, 0.6) is 0 Å². The lowest BCUT2D eigenvalue weighted by Crippen LogP contribution is -2.39. The largest absolute Gasteiger partial charge is 0.312 e. The monoisotopic (exact) mass is 143 g/mol. The molecule has 0 aliphatic carbocycles. The third-order valence-corrected chi connectivity index (χ3v) is 1.16. The number of amidine groups is 1. The van der Waals surface area contributed by atoms with Crippen LogP contribution < -0.4 is 11.3 Å². The number of hydrazine groups is 1. The number of nitrogens with one attached hydrogen (secondary N) is 1. The van der Waals surface area contributed by atoms with Crippen molar-refractivity contribution in [1.82, 2.24) is 5.43 Å². The minimum atomic E-state index is 0.0325. The molecular weight excluding hydrogens is 126 g/mol. The third-order valence-electron chi connectivity index (χ3n) is 1.16. The van der Waals surface area contributed by atoms with Gasteiger partial charge in [0.15, 0.2) is 0 Å². The molecule has 0 spiro atoms. The van der Waals surface area contributed by atoms with E-state index in [-0.39, 0.29) is 5.41 Å². The van der Waals surface area contributed by atoms with Crippen LogP contribution in [-0.4, -0.2) is 12.4 Å². The van der Waals surface area contributed by atoms with Crippen LogP contribution in [0.25, 0.3) is 0 Å². The number of aliphatic imine (C=N–C) groups is 1. The zero-order valence-corrected chi connectivity index (χ0v) is 7.23. The summed E-state index contributed by atoms with van der Waals surface area (Å²) in [5, 5.41) is 0. The van der Waals surface area contributed by atoms with Crippen molar-refractivity contribution in [2.75, 3.05) is 6.54 Å². The van der Waals surface area contributed by atoms with Crippen molar-refractivity contribution in [1.29, 1.82) is 0 Å². The minimum Gasteiger partial charge on any atom is -0.312 e. The summed E-state index contributed by atoms with van der Waals surface area (Å²) in [4.78, 5) is 4.19. The highest BCUT2D eigenvalue weighted by atomic mass is 15.3. The van der Waals surface area contributed by atoms with Gasteiger partial charge in [0.1, 0.15) is 5.84 Å². The number of rotatable bonds is 1. The summed E-state index contributed by atoms with van der Waals surface area (Å²) in [6.45, 7) is 8.98. The molecule has 60 valence electrons. The highest BCUT2D eigenvalue weighted by molar-refractivity contribution is 5.86. The van der Waals surface area contributed by atoms with E-state index in [0.29, 0.717) is 0 Å². The van der Waals surface area contributed by atoms with Gasteiger partial charge in [0.2, 0.25) is 0 Å². The molecule has 0 fully saturated rings. The second-order valence-electron chi connectivity index (χ2n) is 3.22. The summed E-state index contributed by atoms with van der Waals surface area (Å²) >= 11 is 0. The fraction of sp³-hybridized carbons (Fsp3) is 0.857. The first kappa shape index (κ1) is 9.43. The van der Waals surface area contributed by atoms with Crippen molar-refractivity contribution in [3.63, 3.8) is 0 Å². The molecule has 0 aromatic carbocycles. The predicted octanol–water partition coefficient (Wildman–Crippen LogP) is 0.914. The maximum Gasteiger partial charge on any atom is 0.116 e. The summed E-state index contributed by atoms with van der Waals surface area (Å²) in [6, 6.07) is 0. The summed E-state index contributed by atoms with van der Waals surface area (Å²) in [5.74, 6) is 6.12. The van der Waals surface area contributed by atoms with E-state index < -0.39 is 0 Å². The Bertz CT molecular complexity index is 121. The Labute approximate surface area is 62.7 Å². The van der Waals surface area contributed by atoms with E-state index in [1.54, 1.807) is 0 Å². The lowest BCUT2D eigenvalue weighted by molar-refractivity contribution is 0.563. The predicted molar refractivity (Wildman–Crippen MR) is 44.8 cm³/mol. The van der Waals surface area contributed by atoms with E-state index in [1.807, 2.05) is 6.92 Å². The molecule has 0 saturated carbocycles. The molecule has 3 N–H and O–H groups in total. The number of hydrogen-bond acceptors (Lipinski definition) is 2. The van der Waals surface area contributed by atoms with Crippen molar-refractivity contribution in [2.24, 2.45) is 16.3 Å². The average molecular weight is 143 g/mol. The van der Waals surface area contributed by atoms with Crippen LogP contribution in [0.1, 0.15) is 27.7 Å². The van der Waals surface area contributed by atoms with Gasteiger partial charge in [-0.2, -0.15) is 0 Å². The van der Waals surface area contributed by atoms with Crippen LogP contribution in [0.4, 0.5) is 0 Å². The van der Waals surface area contributed by atoms with Crippen LogP contribution in [-0.2, 0) is 0 Å². The maximum absolute atomic E-state index is 5.26. The van der Waals surface area contributed by atoms with Gasteiger partial charge in [-0.15, -0.1) is 0 Å². The molecule has 0 amide bonds. The van der Waals surface area contributed by atoms with Crippen LogP contribution >= 0.6 is 0 Å². The zero-order chi connectivity index (χ0) is 8.20. The van der Waals surface area contributed by atoms with E-state index in [1.165, 1.54) is 0 Å². The molecular formula is C7H17N3.